The lowest BCUT2D eigenvalue weighted by atomic mass is 9.66. The molecule has 14 heteroatoms. The van der Waals surface area contributed by atoms with Crippen LogP contribution >= 0.6 is 0 Å². The molecule has 2 aliphatic rings. The number of benzene rings is 1. The van der Waals surface area contributed by atoms with E-state index in [1.165, 1.54) is 26.3 Å². The highest BCUT2D eigenvalue weighted by atomic mass is 32.2. The van der Waals surface area contributed by atoms with Gasteiger partial charge in [-0.15, -0.1) is 0 Å². The molecule has 1 atom stereocenters. The number of hydrogen-bond donors (Lipinski definition) is 1. The Morgan fingerprint density at radius 2 is 1.98 bits per heavy atom. The summed E-state index contributed by atoms with van der Waals surface area (Å²) in [5, 5.41) is 0. The Morgan fingerprint density at radius 1 is 1.18 bits per heavy atom. The van der Waals surface area contributed by atoms with E-state index in [4.69, 9.17) is 11.1 Å². The number of allylic oxidation sites excluding steroid dienone is 1. The summed E-state index contributed by atoms with van der Waals surface area (Å²) in [6, 6.07) is 7.09. The van der Waals surface area contributed by atoms with Crippen LogP contribution in [0, 0.1) is 17.0 Å². The average Bonchev–Trinajstić information content (AvgIpc) is 2.96. The highest BCUT2D eigenvalue weighted by Gasteiger charge is 2.57. The predicted molar refractivity (Wildman–Crippen MR) is 160 cm³/mol. The van der Waals surface area contributed by atoms with Gasteiger partial charge in [0.05, 0.1) is 18.3 Å². The molecule has 1 spiro atoms. The third-order valence-corrected chi connectivity index (χ3v) is 9.48. The number of ketones is 1. The van der Waals surface area contributed by atoms with E-state index in [0.29, 0.717) is 47.3 Å². The number of carbonyl (C=O) groups excluding carboxylic acids is 1. The van der Waals surface area contributed by atoms with Gasteiger partial charge in [-0.1, -0.05) is 6.08 Å². The van der Waals surface area contributed by atoms with Gasteiger partial charge in [-0.3, -0.25) is 14.4 Å². The van der Waals surface area contributed by atoms with Gasteiger partial charge in [0.25, 0.3) is 10.0 Å². The second-order valence-electron chi connectivity index (χ2n) is 11.0. The predicted octanol–water partition coefficient (Wildman–Crippen LogP) is 3.83. The molecule has 0 aliphatic carbocycles. The lowest BCUT2D eigenvalue weighted by Gasteiger charge is -2.65. The highest BCUT2D eigenvalue weighted by Crippen LogP contribution is 2.47. The summed E-state index contributed by atoms with van der Waals surface area (Å²) in [6.45, 7) is 6.81. The fourth-order valence-corrected chi connectivity index (χ4v) is 6.87. The van der Waals surface area contributed by atoms with Gasteiger partial charge in [0.1, 0.15) is 35.4 Å². The summed E-state index contributed by atoms with van der Waals surface area (Å²) < 4.78 is 69.4. The molecule has 1 unspecified atom stereocenters. The number of pyridine rings is 2. The Hall–Kier alpha value is -4.56. The van der Waals surface area contributed by atoms with E-state index in [1.807, 2.05) is 6.08 Å². The zero-order chi connectivity index (χ0) is 32.1. The second-order valence-corrected chi connectivity index (χ2v) is 12.7. The van der Waals surface area contributed by atoms with E-state index in [1.54, 1.807) is 18.2 Å². The van der Waals surface area contributed by atoms with Crippen molar-refractivity contribution in [1.29, 1.82) is 0 Å². The monoisotopic (exact) mass is 622 g/mol. The van der Waals surface area contributed by atoms with E-state index in [-0.39, 0.29) is 35.1 Å². The van der Waals surface area contributed by atoms with E-state index in [0.717, 1.165) is 25.2 Å². The summed E-state index contributed by atoms with van der Waals surface area (Å²) in [6.07, 6.45) is 4.76. The van der Waals surface area contributed by atoms with E-state index >= 15 is 0 Å². The Morgan fingerprint density at radius 3 is 2.68 bits per heavy atom. The van der Waals surface area contributed by atoms with Crippen LogP contribution in [0.2, 0.25) is 0 Å². The molecule has 5 heterocycles. The molecule has 0 amide bonds. The van der Waals surface area contributed by atoms with Crippen molar-refractivity contribution in [3.05, 3.63) is 72.7 Å². The van der Waals surface area contributed by atoms with Gasteiger partial charge in [-0.25, -0.2) is 37.1 Å². The number of anilines is 2. The van der Waals surface area contributed by atoms with Crippen molar-refractivity contribution in [3.63, 3.8) is 0 Å². The molecule has 0 saturated carbocycles. The normalized spacial score (nSPS) is 18.2. The maximum Gasteiger partial charge on any atom is 0.264 e. The number of hydrogen-bond acceptors (Lipinski definition) is 10. The minimum Gasteiger partial charge on any atom is -0.480 e. The van der Waals surface area contributed by atoms with Crippen LogP contribution in [0.3, 0.4) is 0 Å². The van der Waals surface area contributed by atoms with Crippen molar-refractivity contribution in [1.82, 2.24) is 24.8 Å². The number of halogens is 2. The van der Waals surface area contributed by atoms with Gasteiger partial charge >= 0.3 is 0 Å². The number of methoxy groups -OCH3 is 1. The number of sulfonamides is 1. The summed E-state index contributed by atoms with van der Waals surface area (Å²) >= 11 is 0. The molecule has 4 aromatic rings. The van der Waals surface area contributed by atoms with E-state index in [2.05, 4.69) is 36.4 Å². The molecule has 0 bridgehead atoms. The summed E-state index contributed by atoms with van der Waals surface area (Å²) in [5.74, 6) is -1.68. The van der Waals surface area contributed by atoms with Crippen molar-refractivity contribution in [2.24, 2.45) is 5.41 Å². The summed E-state index contributed by atoms with van der Waals surface area (Å²) in [4.78, 5) is 32.5. The Labute approximate surface area is 254 Å². The van der Waals surface area contributed by atoms with E-state index < -0.39 is 26.6 Å². The molecule has 44 heavy (non-hydrogen) atoms. The zero-order valence-corrected chi connectivity index (χ0v) is 24.9. The maximum absolute atomic E-state index is 14.3. The van der Waals surface area contributed by atoms with Gasteiger partial charge in [-0.2, -0.15) is 0 Å². The van der Waals surface area contributed by atoms with Gasteiger partial charge in [0.2, 0.25) is 5.88 Å². The first-order valence-corrected chi connectivity index (χ1v) is 15.2. The van der Waals surface area contributed by atoms with Crippen LogP contribution in [0.4, 0.5) is 20.3 Å². The van der Waals surface area contributed by atoms with Gasteiger partial charge < -0.3 is 9.64 Å². The SMILES string of the molecule is [2H]c1nc(N2CC3(CN(C/C=C/C(C)=O)C3)C2C)c2nc(-c3cnc(OC)c(NS(=O)(=O)c4ccc(F)cc4F)c3)ccc2n1. The minimum atomic E-state index is -4.47. The van der Waals surface area contributed by atoms with Gasteiger partial charge in [0.15, 0.2) is 11.6 Å². The topological polar surface area (TPSA) is 131 Å². The average molecular weight is 623 g/mol. The molecule has 1 N–H and O–H groups in total. The number of fused-ring (bicyclic) bond motifs is 1. The third kappa shape index (κ3) is 5.35. The number of nitrogens with one attached hydrogen (secondary N) is 1. The van der Waals surface area contributed by atoms with Crippen molar-refractivity contribution in [2.45, 2.75) is 24.8 Å². The molecular weight excluding hydrogens is 592 g/mol. The standard InChI is InChI=1S/C30H29F2N7O4S/c1-18(40)5-4-10-38-14-30(15-38)16-39(19(30)2)28-27-24(34-17-35-28)8-7-23(36-27)20-11-25(29(43-3)33-13-20)37-44(41,42)26-9-6-21(31)12-22(26)32/h4-9,11-13,17,19,37H,10,14-16H2,1-3H3/b5-4+/i17D. The Kier molecular flexibility index (Phi) is 7.17. The maximum atomic E-state index is 14.3. The molecule has 6 rings (SSSR count). The fraction of sp³-hybridized carbons (Fsp3) is 0.300. The van der Waals surface area contributed by atoms with Gasteiger partial charge in [0, 0.05) is 55.5 Å². The van der Waals surface area contributed by atoms with Crippen LogP contribution in [-0.2, 0) is 14.8 Å². The number of ether oxygens (including phenoxy) is 1. The first-order chi connectivity index (χ1) is 21.4. The Bertz CT molecular complexity index is 1970. The van der Waals surface area contributed by atoms with E-state index in [9.17, 15) is 22.0 Å². The van der Waals surface area contributed by atoms with Gasteiger partial charge in [-0.05, 0) is 50.3 Å². The lowest BCUT2D eigenvalue weighted by Crippen LogP contribution is -2.76. The van der Waals surface area contributed by atoms with Crippen LogP contribution in [0.5, 0.6) is 5.88 Å². The largest absolute Gasteiger partial charge is 0.480 e. The quantitative estimate of drug-likeness (QED) is 0.275. The smallest absolute Gasteiger partial charge is 0.264 e. The summed E-state index contributed by atoms with van der Waals surface area (Å²) in [5.41, 5.74) is 1.76. The van der Waals surface area contributed by atoms with Crippen molar-refractivity contribution >= 4 is 38.3 Å². The van der Waals surface area contributed by atoms with Crippen LogP contribution in [0.1, 0.15) is 15.2 Å². The highest BCUT2D eigenvalue weighted by molar-refractivity contribution is 7.92. The second kappa shape index (κ2) is 11.2. The molecule has 11 nitrogen and oxygen atoms in total. The minimum absolute atomic E-state index is 0.0189. The zero-order valence-electron chi connectivity index (χ0n) is 25.1. The van der Waals surface area contributed by atoms with Crippen LogP contribution in [0.25, 0.3) is 22.3 Å². The van der Waals surface area contributed by atoms with Crippen LogP contribution in [-0.4, -0.2) is 78.4 Å². The molecule has 0 radical (unpaired) electrons. The fourth-order valence-electron chi connectivity index (χ4n) is 5.76. The third-order valence-electron chi connectivity index (χ3n) is 8.08. The molecule has 3 aromatic heterocycles. The number of likely N-dealkylation sites (tertiary alicyclic amines) is 1. The molecular formula is C30H29F2N7O4S. The first kappa shape index (κ1) is 28.2. The van der Waals surface area contributed by atoms with Crippen LogP contribution < -0.4 is 14.4 Å². The Balaban J connectivity index is 1.29. The lowest BCUT2D eigenvalue weighted by molar-refractivity contribution is -0.112. The van der Waals surface area contributed by atoms with Crippen LogP contribution in [0.15, 0.2) is 65.9 Å². The number of carbonyl (C=O) groups is 1. The number of nitrogens with zero attached hydrogens (tertiary/aromatic N) is 6. The molecule has 2 saturated heterocycles. The van der Waals surface area contributed by atoms with Crippen molar-refractivity contribution < 1.29 is 28.1 Å². The molecule has 2 aliphatic heterocycles. The molecule has 228 valence electrons. The molecule has 1 aromatic carbocycles. The molecule has 2 fully saturated rings. The first-order valence-electron chi connectivity index (χ1n) is 14.2. The number of aromatic nitrogens is 4. The van der Waals surface area contributed by atoms with Crippen molar-refractivity contribution in [2.75, 3.05) is 42.9 Å². The number of rotatable bonds is 9. The summed E-state index contributed by atoms with van der Waals surface area (Å²) in [7, 11) is -3.17. The van der Waals surface area contributed by atoms with Crippen molar-refractivity contribution in [3.8, 4) is 17.1 Å².